The first-order chi connectivity index (χ1) is 9.83. The Labute approximate surface area is 121 Å². The van der Waals surface area contributed by atoms with Crippen LogP contribution in [0.2, 0.25) is 0 Å². The average molecular weight is 282 g/mol. The number of nitrogens with zero attached hydrogens (tertiary/aromatic N) is 1. The van der Waals surface area contributed by atoms with Crippen LogP contribution < -0.4 is 5.32 Å². The topological polar surface area (TPSA) is 42.0 Å². The molecule has 1 N–H and O–H groups in total. The van der Waals surface area contributed by atoms with Crippen LogP contribution in [0, 0.1) is 0 Å². The van der Waals surface area contributed by atoms with E-state index >= 15 is 0 Å². The molecule has 3 nitrogen and oxygen atoms in total. The highest BCUT2D eigenvalue weighted by Crippen LogP contribution is 2.21. The van der Waals surface area contributed by atoms with Crippen molar-refractivity contribution in [3.8, 4) is 0 Å². The van der Waals surface area contributed by atoms with Gasteiger partial charge in [-0.05, 0) is 30.0 Å². The number of para-hydroxylation sites is 1. The van der Waals surface area contributed by atoms with E-state index in [9.17, 15) is 4.79 Å². The van der Waals surface area contributed by atoms with E-state index in [0.717, 1.165) is 23.0 Å². The molecule has 0 radical (unpaired) electrons. The van der Waals surface area contributed by atoms with Gasteiger partial charge in [0.25, 0.3) is 0 Å². The average Bonchev–Trinajstić information content (AvgIpc) is 2.99. The van der Waals surface area contributed by atoms with Gasteiger partial charge in [-0.3, -0.25) is 9.78 Å². The maximum atomic E-state index is 12.0. The van der Waals surface area contributed by atoms with Gasteiger partial charge in [0.1, 0.15) is 0 Å². The smallest absolute Gasteiger partial charge is 0.224 e. The fourth-order valence-corrected chi connectivity index (χ4v) is 2.82. The van der Waals surface area contributed by atoms with Gasteiger partial charge in [0.2, 0.25) is 5.91 Å². The second-order valence-corrected chi connectivity index (χ2v) is 5.54. The Hall–Kier alpha value is -2.20. The number of hydrogen-bond donors (Lipinski definition) is 1. The number of pyridine rings is 1. The van der Waals surface area contributed by atoms with Gasteiger partial charge in [-0.2, -0.15) is 0 Å². The number of aromatic nitrogens is 1. The van der Waals surface area contributed by atoms with Crippen molar-refractivity contribution in [2.24, 2.45) is 0 Å². The Balaban J connectivity index is 1.71. The lowest BCUT2D eigenvalue weighted by Crippen LogP contribution is -2.12. The van der Waals surface area contributed by atoms with E-state index in [1.165, 1.54) is 4.88 Å². The summed E-state index contributed by atoms with van der Waals surface area (Å²) in [7, 11) is 0. The molecule has 0 saturated heterocycles. The van der Waals surface area contributed by atoms with Crippen molar-refractivity contribution in [3.63, 3.8) is 0 Å². The summed E-state index contributed by atoms with van der Waals surface area (Å²) in [5.74, 6) is 0.0246. The fraction of sp³-hybridized carbons (Fsp3) is 0.125. The van der Waals surface area contributed by atoms with Gasteiger partial charge in [0, 0.05) is 22.9 Å². The van der Waals surface area contributed by atoms with Crippen molar-refractivity contribution in [2.75, 3.05) is 5.32 Å². The number of fused-ring (bicyclic) bond motifs is 1. The van der Waals surface area contributed by atoms with Crippen molar-refractivity contribution < 1.29 is 4.79 Å². The van der Waals surface area contributed by atoms with Crippen LogP contribution in [0.1, 0.15) is 11.3 Å². The van der Waals surface area contributed by atoms with Crippen molar-refractivity contribution in [2.45, 2.75) is 12.8 Å². The summed E-state index contributed by atoms with van der Waals surface area (Å²) in [4.78, 5) is 17.6. The molecule has 0 spiro atoms. The molecule has 3 aromatic rings. The molecular weight excluding hydrogens is 268 g/mol. The third-order valence-corrected chi connectivity index (χ3v) is 4.02. The molecule has 0 aliphatic rings. The second-order valence-electron chi connectivity index (χ2n) is 4.51. The number of amides is 1. The van der Waals surface area contributed by atoms with Crippen molar-refractivity contribution in [1.29, 1.82) is 0 Å². The summed E-state index contributed by atoms with van der Waals surface area (Å²) in [5, 5.41) is 6.01. The number of rotatable bonds is 4. The Kier molecular flexibility index (Phi) is 3.74. The molecule has 1 amide bonds. The highest BCUT2D eigenvalue weighted by molar-refractivity contribution is 7.09. The summed E-state index contributed by atoms with van der Waals surface area (Å²) in [5.41, 5.74) is 1.61. The van der Waals surface area contributed by atoms with E-state index in [1.807, 2.05) is 41.8 Å². The largest absolute Gasteiger partial charge is 0.324 e. The van der Waals surface area contributed by atoms with Crippen molar-refractivity contribution in [3.05, 3.63) is 58.9 Å². The predicted molar refractivity (Wildman–Crippen MR) is 83.0 cm³/mol. The summed E-state index contributed by atoms with van der Waals surface area (Å²) < 4.78 is 0. The van der Waals surface area contributed by atoms with Gasteiger partial charge in [0.15, 0.2) is 0 Å². The van der Waals surface area contributed by atoms with Gasteiger partial charge >= 0.3 is 0 Å². The maximum absolute atomic E-state index is 12.0. The predicted octanol–water partition coefficient (Wildman–Crippen LogP) is 3.87. The summed E-state index contributed by atoms with van der Waals surface area (Å²) in [6.45, 7) is 0. The lowest BCUT2D eigenvalue weighted by molar-refractivity contribution is -0.116. The van der Waals surface area contributed by atoms with Crippen LogP contribution >= 0.6 is 11.3 Å². The number of carbonyl (C=O) groups is 1. The lowest BCUT2D eigenvalue weighted by Gasteiger charge is -2.07. The Morgan fingerprint density at radius 2 is 2.05 bits per heavy atom. The molecule has 0 fully saturated rings. The molecular formula is C16H14N2OS. The van der Waals surface area contributed by atoms with Crippen LogP contribution in [0.5, 0.6) is 0 Å². The Morgan fingerprint density at radius 1 is 1.15 bits per heavy atom. The normalized spacial score (nSPS) is 10.6. The zero-order chi connectivity index (χ0) is 13.8. The van der Waals surface area contributed by atoms with Crippen molar-refractivity contribution in [1.82, 2.24) is 4.98 Å². The van der Waals surface area contributed by atoms with Gasteiger partial charge in [0.05, 0.1) is 11.2 Å². The first-order valence-corrected chi connectivity index (χ1v) is 7.37. The van der Waals surface area contributed by atoms with Gasteiger partial charge in [-0.15, -0.1) is 11.3 Å². The number of aryl methyl sites for hydroxylation is 1. The first-order valence-electron chi connectivity index (χ1n) is 6.49. The molecule has 1 aromatic carbocycles. The van der Waals surface area contributed by atoms with Crippen LogP contribution in [-0.4, -0.2) is 10.9 Å². The molecule has 100 valence electrons. The zero-order valence-electron chi connectivity index (χ0n) is 10.9. The first kappa shape index (κ1) is 12.8. The molecule has 0 aliphatic heterocycles. The monoisotopic (exact) mass is 282 g/mol. The second kappa shape index (κ2) is 5.84. The van der Waals surface area contributed by atoms with Crippen LogP contribution in [0.25, 0.3) is 10.9 Å². The van der Waals surface area contributed by atoms with Crippen molar-refractivity contribution >= 4 is 33.8 Å². The molecule has 0 atom stereocenters. The molecule has 0 saturated carbocycles. The number of hydrogen-bond acceptors (Lipinski definition) is 3. The summed E-state index contributed by atoms with van der Waals surface area (Å²) in [6, 6.07) is 13.7. The molecule has 2 heterocycles. The van der Waals surface area contributed by atoms with E-state index in [1.54, 1.807) is 17.5 Å². The van der Waals surface area contributed by atoms with Crippen LogP contribution in [0.3, 0.4) is 0 Å². The van der Waals surface area contributed by atoms with E-state index in [0.29, 0.717) is 6.42 Å². The number of anilines is 1. The number of nitrogens with one attached hydrogen (secondary N) is 1. The van der Waals surface area contributed by atoms with Gasteiger partial charge in [-0.25, -0.2) is 0 Å². The Bertz CT molecular complexity index is 717. The summed E-state index contributed by atoms with van der Waals surface area (Å²) in [6.07, 6.45) is 3.01. The third-order valence-electron chi connectivity index (χ3n) is 3.09. The molecule has 4 heteroatoms. The number of carbonyl (C=O) groups excluding carboxylic acids is 1. The SMILES string of the molecule is O=C(CCc1cccs1)Nc1cccc2cccnc12. The van der Waals surface area contributed by atoms with E-state index in [4.69, 9.17) is 0 Å². The Morgan fingerprint density at radius 3 is 2.90 bits per heavy atom. The quantitative estimate of drug-likeness (QED) is 0.789. The third kappa shape index (κ3) is 2.86. The van der Waals surface area contributed by atoms with E-state index in [-0.39, 0.29) is 5.91 Å². The van der Waals surface area contributed by atoms with Crippen LogP contribution in [0.15, 0.2) is 54.0 Å². The maximum Gasteiger partial charge on any atom is 0.224 e. The van der Waals surface area contributed by atoms with Gasteiger partial charge < -0.3 is 5.32 Å². The van der Waals surface area contributed by atoms with Crippen LogP contribution in [-0.2, 0) is 11.2 Å². The molecule has 0 unspecified atom stereocenters. The molecule has 2 aromatic heterocycles. The van der Waals surface area contributed by atoms with Crippen LogP contribution in [0.4, 0.5) is 5.69 Å². The molecule has 3 rings (SSSR count). The fourth-order valence-electron chi connectivity index (χ4n) is 2.11. The summed E-state index contributed by atoms with van der Waals surface area (Å²) >= 11 is 1.68. The highest BCUT2D eigenvalue weighted by atomic mass is 32.1. The van der Waals surface area contributed by atoms with Gasteiger partial charge in [-0.1, -0.05) is 24.3 Å². The molecule has 0 bridgehead atoms. The van der Waals surface area contributed by atoms with E-state index in [2.05, 4.69) is 16.4 Å². The minimum Gasteiger partial charge on any atom is -0.324 e. The highest BCUT2D eigenvalue weighted by Gasteiger charge is 2.07. The zero-order valence-corrected chi connectivity index (χ0v) is 11.7. The number of benzene rings is 1. The minimum absolute atomic E-state index is 0.0246. The lowest BCUT2D eigenvalue weighted by atomic mass is 10.2. The molecule has 0 aliphatic carbocycles. The number of thiophene rings is 1. The standard InChI is InChI=1S/C16H14N2OS/c19-15(9-8-13-6-3-11-20-13)18-14-7-1-4-12-5-2-10-17-16(12)14/h1-7,10-11H,8-9H2,(H,18,19). The van der Waals surface area contributed by atoms with E-state index < -0.39 is 0 Å². The molecule has 20 heavy (non-hydrogen) atoms. The minimum atomic E-state index is 0.0246.